The minimum atomic E-state index is -0.656. The lowest BCUT2D eigenvalue weighted by molar-refractivity contribution is 0.00112. The maximum atomic E-state index is 10.4. The summed E-state index contributed by atoms with van der Waals surface area (Å²) >= 11 is 6.26. The third kappa shape index (κ3) is 4.11. The molecule has 2 rings (SSSR count). The second-order valence-corrected chi connectivity index (χ2v) is 6.02. The quantitative estimate of drug-likeness (QED) is 0.757. The summed E-state index contributed by atoms with van der Waals surface area (Å²) in [7, 11) is 0. The monoisotopic (exact) mass is 297 g/mol. The molecule has 4 heteroatoms. The third-order valence-corrected chi connectivity index (χ3v) is 4.19. The van der Waals surface area contributed by atoms with Gasteiger partial charge in [-0.3, -0.25) is 0 Å². The molecule has 1 aliphatic carbocycles. The molecule has 0 saturated heterocycles. The first-order valence-electron chi connectivity index (χ1n) is 7.48. The van der Waals surface area contributed by atoms with Gasteiger partial charge in [0.25, 0.3) is 0 Å². The SMILES string of the molecule is CCCNCc1c(Cl)cccc1OCC1(O)CCCC1. The summed E-state index contributed by atoms with van der Waals surface area (Å²) < 4.78 is 5.86. The van der Waals surface area contributed by atoms with Gasteiger partial charge < -0.3 is 15.2 Å². The van der Waals surface area contributed by atoms with E-state index in [2.05, 4.69) is 12.2 Å². The molecule has 0 spiro atoms. The molecule has 0 heterocycles. The minimum Gasteiger partial charge on any atom is -0.490 e. The van der Waals surface area contributed by atoms with E-state index >= 15 is 0 Å². The van der Waals surface area contributed by atoms with E-state index < -0.39 is 5.60 Å². The Morgan fingerprint density at radius 3 is 2.80 bits per heavy atom. The van der Waals surface area contributed by atoms with Crippen molar-refractivity contribution in [2.45, 2.75) is 51.2 Å². The summed E-state index contributed by atoms with van der Waals surface area (Å²) in [6.45, 7) is 4.14. The van der Waals surface area contributed by atoms with Crippen molar-refractivity contribution in [2.75, 3.05) is 13.2 Å². The van der Waals surface area contributed by atoms with Gasteiger partial charge in [-0.05, 0) is 37.9 Å². The molecule has 3 nitrogen and oxygen atoms in total. The first-order chi connectivity index (χ1) is 9.64. The van der Waals surface area contributed by atoms with E-state index in [1.807, 2.05) is 18.2 Å². The van der Waals surface area contributed by atoms with Crippen molar-refractivity contribution in [1.29, 1.82) is 0 Å². The predicted octanol–water partition coefficient (Wildman–Crippen LogP) is 3.52. The van der Waals surface area contributed by atoms with Crippen LogP contribution in [0.2, 0.25) is 5.02 Å². The van der Waals surface area contributed by atoms with Gasteiger partial charge >= 0.3 is 0 Å². The van der Waals surface area contributed by atoms with Crippen molar-refractivity contribution in [1.82, 2.24) is 5.32 Å². The van der Waals surface area contributed by atoms with Crippen LogP contribution in [0.3, 0.4) is 0 Å². The average molecular weight is 298 g/mol. The lowest BCUT2D eigenvalue weighted by Gasteiger charge is -2.23. The van der Waals surface area contributed by atoms with Crippen LogP contribution in [0.5, 0.6) is 5.75 Å². The van der Waals surface area contributed by atoms with E-state index in [9.17, 15) is 5.11 Å². The smallest absolute Gasteiger partial charge is 0.125 e. The Labute approximate surface area is 126 Å². The van der Waals surface area contributed by atoms with Crippen LogP contribution in [-0.2, 0) is 6.54 Å². The van der Waals surface area contributed by atoms with Gasteiger partial charge in [0.1, 0.15) is 12.4 Å². The van der Waals surface area contributed by atoms with Crippen LogP contribution < -0.4 is 10.1 Å². The number of halogens is 1. The Bertz CT molecular complexity index is 430. The molecular formula is C16H24ClNO2. The topological polar surface area (TPSA) is 41.5 Å². The number of aliphatic hydroxyl groups is 1. The summed E-state index contributed by atoms with van der Waals surface area (Å²) in [5, 5.41) is 14.4. The van der Waals surface area contributed by atoms with Crippen molar-refractivity contribution in [3.63, 3.8) is 0 Å². The van der Waals surface area contributed by atoms with Crippen LogP contribution in [0.25, 0.3) is 0 Å². The fourth-order valence-corrected chi connectivity index (χ4v) is 2.86. The van der Waals surface area contributed by atoms with Gasteiger partial charge in [-0.15, -0.1) is 0 Å². The normalized spacial score (nSPS) is 17.4. The molecule has 2 N–H and O–H groups in total. The molecule has 112 valence electrons. The highest BCUT2D eigenvalue weighted by Crippen LogP contribution is 2.32. The maximum absolute atomic E-state index is 10.4. The Morgan fingerprint density at radius 1 is 1.35 bits per heavy atom. The molecule has 0 radical (unpaired) electrons. The molecule has 1 fully saturated rings. The first kappa shape index (κ1) is 15.6. The average Bonchev–Trinajstić information content (AvgIpc) is 2.86. The second-order valence-electron chi connectivity index (χ2n) is 5.61. The van der Waals surface area contributed by atoms with Gasteiger partial charge in [0.05, 0.1) is 5.60 Å². The van der Waals surface area contributed by atoms with Gasteiger partial charge in [0.15, 0.2) is 0 Å². The molecule has 0 aromatic heterocycles. The van der Waals surface area contributed by atoms with Crippen molar-refractivity contribution in [2.24, 2.45) is 0 Å². The molecule has 1 aromatic rings. The molecule has 0 atom stereocenters. The van der Waals surface area contributed by atoms with Crippen LogP contribution in [-0.4, -0.2) is 23.9 Å². The van der Waals surface area contributed by atoms with Gasteiger partial charge in [-0.25, -0.2) is 0 Å². The number of hydrogen-bond donors (Lipinski definition) is 2. The van der Waals surface area contributed by atoms with E-state index in [-0.39, 0.29) is 0 Å². The standard InChI is InChI=1S/C16H24ClNO2/c1-2-10-18-11-13-14(17)6-5-7-15(13)20-12-16(19)8-3-4-9-16/h5-7,18-19H,2-4,8-12H2,1H3. The first-order valence-corrected chi connectivity index (χ1v) is 7.86. The van der Waals surface area contributed by atoms with E-state index in [0.29, 0.717) is 18.2 Å². The number of ether oxygens (including phenoxy) is 1. The largest absolute Gasteiger partial charge is 0.490 e. The van der Waals surface area contributed by atoms with Crippen molar-refractivity contribution in [3.05, 3.63) is 28.8 Å². The molecule has 0 amide bonds. The van der Waals surface area contributed by atoms with Crippen molar-refractivity contribution in [3.8, 4) is 5.75 Å². The maximum Gasteiger partial charge on any atom is 0.125 e. The Morgan fingerprint density at radius 2 is 2.10 bits per heavy atom. The summed E-state index contributed by atoms with van der Waals surface area (Å²) in [5.41, 5.74) is 0.320. The third-order valence-electron chi connectivity index (χ3n) is 3.84. The van der Waals surface area contributed by atoms with Gasteiger partial charge in [0.2, 0.25) is 0 Å². The van der Waals surface area contributed by atoms with E-state index in [0.717, 1.165) is 50.0 Å². The predicted molar refractivity (Wildman–Crippen MR) is 82.4 cm³/mol. The van der Waals surface area contributed by atoms with Crippen LogP contribution in [0.4, 0.5) is 0 Å². The Hall–Kier alpha value is -0.770. The highest BCUT2D eigenvalue weighted by Gasteiger charge is 2.32. The highest BCUT2D eigenvalue weighted by atomic mass is 35.5. The summed E-state index contributed by atoms with van der Waals surface area (Å²) in [4.78, 5) is 0. The molecule has 1 aromatic carbocycles. The van der Waals surface area contributed by atoms with E-state index in [4.69, 9.17) is 16.3 Å². The molecule has 0 unspecified atom stereocenters. The molecule has 20 heavy (non-hydrogen) atoms. The van der Waals surface area contributed by atoms with Crippen molar-refractivity contribution < 1.29 is 9.84 Å². The molecule has 1 aliphatic rings. The van der Waals surface area contributed by atoms with Crippen LogP contribution in [0, 0.1) is 0 Å². The van der Waals surface area contributed by atoms with E-state index in [1.54, 1.807) is 0 Å². The highest BCUT2D eigenvalue weighted by molar-refractivity contribution is 6.31. The van der Waals surface area contributed by atoms with E-state index in [1.165, 1.54) is 0 Å². The lowest BCUT2D eigenvalue weighted by atomic mass is 10.0. The minimum absolute atomic E-state index is 0.355. The fourth-order valence-electron chi connectivity index (χ4n) is 2.63. The second kappa shape index (κ2) is 7.30. The van der Waals surface area contributed by atoms with Gasteiger partial charge in [0, 0.05) is 17.1 Å². The van der Waals surface area contributed by atoms with Crippen LogP contribution in [0.15, 0.2) is 18.2 Å². The molecule has 1 saturated carbocycles. The zero-order valence-corrected chi connectivity index (χ0v) is 12.9. The van der Waals surface area contributed by atoms with Gasteiger partial charge in [-0.1, -0.05) is 37.4 Å². The molecule has 0 bridgehead atoms. The Kier molecular flexibility index (Phi) is 5.70. The van der Waals surface area contributed by atoms with Crippen LogP contribution in [0.1, 0.15) is 44.6 Å². The lowest BCUT2D eigenvalue weighted by Crippen LogP contribution is -2.32. The molecule has 0 aliphatic heterocycles. The molecular weight excluding hydrogens is 274 g/mol. The number of nitrogens with one attached hydrogen (secondary N) is 1. The fraction of sp³-hybridized carbons (Fsp3) is 0.625. The summed E-state index contributed by atoms with van der Waals surface area (Å²) in [6.07, 6.45) is 4.91. The summed E-state index contributed by atoms with van der Waals surface area (Å²) in [5.74, 6) is 0.779. The zero-order chi connectivity index (χ0) is 14.4. The van der Waals surface area contributed by atoms with Crippen LogP contribution >= 0.6 is 11.6 Å². The summed E-state index contributed by atoms with van der Waals surface area (Å²) in [6, 6.07) is 5.69. The number of benzene rings is 1. The Balaban J connectivity index is 2.00. The van der Waals surface area contributed by atoms with Crippen molar-refractivity contribution >= 4 is 11.6 Å². The number of hydrogen-bond acceptors (Lipinski definition) is 3. The zero-order valence-electron chi connectivity index (χ0n) is 12.1. The van der Waals surface area contributed by atoms with Gasteiger partial charge in [-0.2, -0.15) is 0 Å². The number of rotatable bonds is 7.